The Kier molecular flexibility index (Phi) is 5.08. The molecule has 122 valence electrons. The minimum absolute atomic E-state index is 0.0830. The van der Waals surface area contributed by atoms with Gasteiger partial charge in [0.1, 0.15) is 5.82 Å². The molecule has 5 nitrogen and oxygen atoms in total. The molecule has 0 bridgehead atoms. The smallest absolute Gasteiger partial charge is 0.224 e. The summed E-state index contributed by atoms with van der Waals surface area (Å²) in [6.45, 7) is 4.31. The van der Waals surface area contributed by atoms with E-state index in [0.717, 1.165) is 30.2 Å². The second-order valence-corrected chi connectivity index (χ2v) is 6.35. The lowest BCUT2D eigenvalue weighted by atomic mass is 9.85. The highest BCUT2D eigenvalue weighted by Gasteiger charge is 2.22. The SMILES string of the molecule is CC(CC(=O)Nc1cccc(-c2ncc[nH]2)c1)C1CCCNC1. The zero-order chi connectivity index (χ0) is 16.1. The van der Waals surface area contributed by atoms with E-state index in [1.54, 1.807) is 12.4 Å². The van der Waals surface area contributed by atoms with Crippen molar-refractivity contribution in [1.82, 2.24) is 15.3 Å². The molecule has 2 aromatic rings. The van der Waals surface area contributed by atoms with Crippen LogP contribution in [0.3, 0.4) is 0 Å². The normalized spacial score (nSPS) is 19.3. The number of piperidine rings is 1. The van der Waals surface area contributed by atoms with Crippen molar-refractivity contribution in [2.75, 3.05) is 18.4 Å². The van der Waals surface area contributed by atoms with Crippen molar-refractivity contribution in [3.63, 3.8) is 0 Å². The largest absolute Gasteiger partial charge is 0.345 e. The van der Waals surface area contributed by atoms with Gasteiger partial charge in [0.05, 0.1) is 0 Å². The van der Waals surface area contributed by atoms with Crippen LogP contribution in [0.1, 0.15) is 26.2 Å². The quantitative estimate of drug-likeness (QED) is 0.795. The Labute approximate surface area is 136 Å². The van der Waals surface area contributed by atoms with Crippen LogP contribution in [0.25, 0.3) is 11.4 Å². The van der Waals surface area contributed by atoms with E-state index in [0.29, 0.717) is 18.3 Å². The summed E-state index contributed by atoms with van der Waals surface area (Å²) in [4.78, 5) is 19.6. The Morgan fingerprint density at radius 2 is 2.39 bits per heavy atom. The van der Waals surface area contributed by atoms with Crippen molar-refractivity contribution in [3.05, 3.63) is 36.7 Å². The maximum Gasteiger partial charge on any atom is 0.224 e. The van der Waals surface area contributed by atoms with E-state index in [4.69, 9.17) is 0 Å². The van der Waals surface area contributed by atoms with E-state index in [-0.39, 0.29) is 5.91 Å². The second kappa shape index (κ2) is 7.42. The lowest BCUT2D eigenvalue weighted by Gasteiger charge is -2.28. The first-order valence-corrected chi connectivity index (χ1v) is 8.33. The van der Waals surface area contributed by atoms with Gasteiger partial charge in [0.25, 0.3) is 0 Å². The fourth-order valence-corrected chi connectivity index (χ4v) is 3.20. The molecule has 1 aliphatic heterocycles. The van der Waals surface area contributed by atoms with E-state index < -0.39 is 0 Å². The number of H-pyrrole nitrogens is 1. The average molecular weight is 312 g/mol. The Hall–Kier alpha value is -2.14. The first-order valence-electron chi connectivity index (χ1n) is 8.33. The topological polar surface area (TPSA) is 69.8 Å². The predicted octanol–water partition coefficient (Wildman–Crippen LogP) is 3.04. The van der Waals surface area contributed by atoms with Crippen molar-refractivity contribution in [3.8, 4) is 11.4 Å². The number of imidazole rings is 1. The van der Waals surface area contributed by atoms with Gasteiger partial charge in [-0.25, -0.2) is 4.98 Å². The molecular formula is C18H24N4O. The van der Waals surface area contributed by atoms with E-state index in [2.05, 4.69) is 27.5 Å². The Morgan fingerprint density at radius 1 is 1.48 bits per heavy atom. The van der Waals surface area contributed by atoms with Gasteiger partial charge in [0, 0.05) is 30.1 Å². The van der Waals surface area contributed by atoms with Gasteiger partial charge < -0.3 is 15.6 Å². The number of nitrogens with one attached hydrogen (secondary N) is 3. The van der Waals surface area contributed by atoms with Crippen LogP contribution in [0.4, 0.5) is 5.69 Å². The van der Waals surface area contributed by atoms with Crippen LogP contribution in [-0.4, -0.2) is 29.0 Å². The van der Waals surface area contributed by atoms with Crippen LogP contribution in [0.15, 0.2) is 36.7 Å². The number of aromatic nitrogens is 2. The molecule has 1 aliphatic rings. The van der Waals surface area contributed by atoms with Crippen LogP contribution in [0, 0.1) is 11.8 Å². The van der Waals surface area contributed by atoms with Crippen molar-refractivity contribution in [2.24, 2.45) is 11.8 Å². The van der Waals surface area contributed by atoms with Crippen LogP contribution in [-0.2, 0) is 4.79 Å². The highest BCUT2D eigenvalue weighted by atomic mass is 16.1. The predicted molar refractivity (Wildman–Crippen MR) is 92.0 cm³/mol. The molecule has 5 heteroatoms. The Balaban J connectivity index is 1.58. The maximum atomic E-state index is 12.3. The van der Waals surface area contributed by atoms with Gasteiger partial charge in [0.2, 0.25) is 5.91 Å². The summed E-state index contributed by atoms with van der Waals surface area (Å²) in [5.41, 5.74) is 1.79. The van der Waals surface area contributed by atoms with E-state index in [1.807, 2.05) is 24.3 Å². The first kappa shape index (κ1) is 15.7. The van der Waals surface area contributed by atoms with Crippen molar-refractivity contribution < 1.29 is 4.79 Å². The van der Waals surface area contributed by atoms with Crippen LogP contribution in [0.5, 0.6) is 0 Å². The number of benzene rings is 1. The molecule has 0 spiro atoms. The monoisotopic (exact) mass is 312 g/mol. The van der Waals surface area contributed by atoms with E-state index in [1.165, 1.54) is 12.8 Å². The third-order valence-electron chi connectivity index (χ3n) is 4.57. The molecule has 1 fully saturated rings. The van der Waals surface area contributed by atoms with Crippen molar-refractivity contribution in [1.29, 1.82) is 0 Å². The molecule has 23 heavy (non-hydrogen) atoms. The van der Waals surface area contributed by atoms with Gasteiger partial charge in [-0.2, -0.15) is 0 Å². The van der Waals surface area contributed by atoms with Crippen molar-refractivity contribution in [2.45, 2.75) is 26.2 Å². The fraction of sp³-hybridized carbons (Fsp3) is 0.444. The third kappa shape index (κ3) is 4.20. The molecule has 2 unspecified atom stereocenters. The molecule has 2 heterocycles. The van der Waals surface area contributed by atoms with Gasteiger partial charge in [-0.3, -0.25) is 4.79 Å². The Morgan fingerprint density at radius 3 is 3.13 bits per heavy atom. The summed E-state index contributed by atoms with van der Waals surface area (Å²) in [5.74, 6) is 1.89. The molecule has 3 N–H and O–H groups in total. The number of amides is 1. The van der Waals surface area contributed by atoms with Crippen LogP contribution in [0.2, 0.25) is 0 Å². The summed E-state index contributed by atoms with van der Waals surface area (Å²) in [6, 6.07) is 7.77. The summed E-state index contributed by atoms with van der Waals surface area (Å²) in [6.07, 6.45) is 6.51. The zero-order valence-corrected chi connectivity index (χ0v) is 13.5. The molecule has 1 aromatic carbocycles. The van der Waals surface area contributed by atoms with E-state index >= 15 is 0 Å². The lowest BCUT2D eigenvalue weighted by molar-refractivity contribution is -0.117. The molecule has 0 aliphatic carbocycles. The number of hydrogen-bond donors (Lipinski definition) is 3. The second-order valence-electron chi connectivity index (χ2n) is 6.35. The summed E-state index contributed by atoms with van der Waals surface area (Å²) in [7, 11) is 0. The summed E-state index contributed by atoms with van der Waals surface area (Å²) >= 11 is 0. The average Bonchev–Trinajstić information content (AvgIpc) is 3.10. The number of carbonyl (C=O) groups excluding carboxylic acids is 1. The number of anilines is 1. The van der Waals surface area contributed by atoms with Gasteiger partial charge in [-0.1, -0.05) is 19.1 Å². The van der Waals surface area contributed by atoms with Gasteiger partial charge in [-0.15, -0.1) is 0 Å². The van der Waals surface area contributed by atoms with Gasteiger partial charge >= 0.3 is 0 Å². The number of rotatable bonds is 5. The lowest BCUT2D eigenvalue weighted by Crippen LogP contribution is -2.34. The number of aromatic amines is 1. The minimum atomic E-state index is 0.0830. The minimum Gasteiger partial charge on any atom is -0.345 e. The van der Waals surface area contributed by atoms with Gasteiger partial charge in [-0.05, 0) is 49.9 Å². The Bertz CT molecular complexity index is 632. The number of carbonyl (C=O) groups is 1. The van der Waals surface area contributed by atoms with Crippen LogP contribution >= 0.6 is 0 Å². The standard InChI is InChI=1S/C18H24N4O/c1-13(15-5-3-7-19-12-15)10-17(23)22-16-6-2-4-14(11-16)18-20-8-9-21-18/h2,4,6,8-9,11,13,15,19H,3,5,7,10,12H2,1H3,(H,20,21)(H,22,23). The number of hydrogen-bond acceptors (Lipinski definition) is 3. The highest BCUT2D eigenvalue weighted by molar-refractivity contribution is 5.91. The molecule has 0 radical (unpaired) electrons. The zero-order valence-electron chi connectivity index (χ0n) is 13.5. The highest BCUT2D eigenvalue weighted by Crippen LogP contribution is 2.24. The molecule has 2 atom stereocenters. The van der Waals surface area contributed by atoms with Crippen molar-refractivity contribution >= 4 is 11.6 Å². The van der Waals surface area contributed by atoms with Crippen LogP contribution < -0.4 is 10.6 Å². The summed E-state index contributed by atoms with van der Waals surface area (Å²) in [5, 5.41) is 6.43. The first-order chi connectivity index (χ1) is 11.2. The van der Waals surface area contributed by atoms with Gasteiger partial charge in [0.15, 0.2) is 0 Å². The molecule has 1 saturated heterocycles. The third-order valence-corrected chi connectivity index (χ3v) is 4.57. The maximum absolute atomic E-state index is 12.3. The molecule has 0 saturated carbocycles. The number of nitrogens with zero attached hydrogens (tertiary/aromatic N) is 1. The molecular weight excluding hydrogens is 288 g/mol. The summed E-state index contributed by atoms with van der Waals surface area (Å²) < 4.78 is 0. The molecule has 1 aromatic heterocycles. The molecule has 3 rings (SSSR count). The fourth-order valence-electron chi connectivity index (χ4n) is 3.20. The molecule has 1 amide bonds. The van der Waals surface area contributed by atoms with E-state index in [9.17, 15) is 4.79 Å².